The molecule has 1 unspecified atom stereocenters. The summed E-state index contributed by atoms with van der Waals surface area (Å²) in [6.07, 6.45) is 4.81. The van der Waals surface area contributed by atoms with Crippen molar-refractivity contribution in [3.05, 3.63) is 29.1 Å². The molecule has 1 atom stereocenters. The number of anilines is 1. The minimum atomic E-state index is -0.338. The van der Waals surface area contributed by atoms with Gasteiger partial charge >= 0.3 is 0 Å². The van der Waals surface area contributed by atoms with E-state index in [2.05, 4.69) is 16.0 Å². The third kappa shape index (κ3) is 4.95. The smallest absolute Gasteiger partial charge is 0.226 e. The first-order chi connectivity index (χ1) is 12.0. The van der Waals surface area contributed by atoms with Gasteiger partial charge in [0, 0.05) is 24.9 Å². The maximum atomic E-state index is 14.6. The molecule has 3 rings (SSSR count). The summed E-state index contributed by atoms with van der Waals surface area (Å²) >= 11 is 0. The van der Waals surface area contributed by atoms with E-state index in [-0.39, 0.29) is 54.1 Å². The van der Waals surface area contributed by atoms with E-state index in [1.54, 1.807) is 13.0 Å². The van der Waals surface area contributed by atoms with E-state index in [1.807, 2.05) is 6.07 Å². The van der Waals surface area contributed by atoms with Crippen molar-refractivity contribution in [2.45, 2.75) is 58.0 Å². The van der Waals surface area contributed by atoms with Crippen LogP contribution < -0.4 is 16.0 Å². The average molecular weight is 384 g/mol. The second-order valence-corrected chi connectivity index (χ2v) is 7.13. The quantitative estimate of drug-likeness (QED) is 0.732. The van der Waals surface area contributed by atoms with Crippen LogP contribution in [0.2, 0.25) is 0 Å². The number of hydrogen-bond acceptors (Lipinski definition) is 3. The van der Waals surface area contributed by atoms with Gasteiger partial charge in [-0.3, -0.25) is 9.59 Å². The Bertz CT molecular complexity index is 662. The van der Waals surface area contributed by atoms with Crippen LogP contribution in [0.1, 0.15) is 50.2 Å². The number of nitrogens with one attached hydrogen (secondary N) is 3. The molecule has 1 saturated carbocycles. The maximum absolute atomic E-state index is 14.6. The van der Waals surface area contributed by atoms with E-state index in [0.29, 0.717) is 18.5 Å². The van der Waals surface area contributed by atoms with Gasteiger partial charge in [0.2, 0.25) is 11.8 Å². The Morgan fingerprint density at radius 1 is 1.31 bits per heavy atom. The molecule has 1 aliphatic heterocycles. The Balaban J connectivity index is 0.00000243. The molecule has 1 fully saturated rings. The minimum absolute atomic E-state index is 0. The standard InChI is InChI=1S/C19H26FN3O2.ClH/c1-12(22-19(25)13-4-2-3-5-13)10-17(24)23-16-7-6-14-11-21-9-8-15(14)18(16)20;/h6-7,12-13,21H,2-5,8-11H2,1H3,(H,22,25)(H,23,24);1H. The van der Waals surface area contributed by atoms with Crippen molar-refractivity contribution in [3.63, 3.8) is 0 Å². The van der Waals surface area contributed by atoms with Gasteiger partial charge in [0.05, 0.1) is 5.69 Å². The fourth-order valence-electron chi connectivity index (χ4n) is 3.71. The molecule has 0 radical (unpaired) electrons. The van der Waals surface area contributed by atoms with Crippen molar-refractivity contribution in [3.8, 4) is 0 Å². The molecule has 5 nitrogen and oxygen atoms in total. The summed E-state index contributed by atoms with van der Waals surface area (Å²) in [5.41, 5.74) is 1.85. The van der Waals surface area contributed by atoms with E-state index in [0.717, 1.165) is 37.8 Å². The molecule has 0 saturated heterocycles. The molecule has 3 N–H and O–H groups in total. The van der Waals surface area contributed by atoms with E-state index in [4.69, 9.17) is 0 Å². The largest absolute Gasteiger partial charge is 0.353 e. The molecular formula is C19H27ClFN3O2. The summed E-state index contributed by atoms with van der Waals surface area (Å²) < 4.78 is 14.6. The average Bonchev–Trinajstić information content (AvgIpc) is 3.12. The summed E-state index contributed by atoms with van der Waals surface area (Å²) in [5.74, 6) is -0.510. The Morgan fingerprint density at radius 3 is 2.77 bits per heavy atom. The first kappa shape index (κ1) is 20.6. The van der Waals surface area contributed by atoms with Crippen LogP contribution in [0.4, 0.5) is 10.1 Å². The Hall–Kier alpha value is -1.66. The lowest BCUT2D eigenvalue weighted by Gasteiger charge is -2.20. The number of carbonyl (C=O) groups is 2. The molecule has 1 heterocycles. The molecule has 1 aromatic carbocycles. The SMILES string of the molecule is CC(CC(=O)Nc1ccc2c(c1F)CCNC2)NC(=O)C1CCCC1.Cl. The molecule has 0 spiro atoms. The lowest BCUT2D eigenvalue weighted by Crippen LogP contribution is -2.38. The fourth-order valence-corrected chi connectivity index (χ4v) is 3.71. The topological polar surface area (TPSA) is 70.2 Å². The highest BCUT2D eigenvalue weighted by Gasteiger charge is 2.24. The van der Waals surface area contributed by atoms with E-state index in [1.165, 1.54) is 0 Å². The van der Waals surface area contributed by atoms with Crippen LogP contribution in [0.3, 0.4) is 0 Å². The third-order valence-corrected chi connectivity index (χ3v) is 5.09. The van der Waals surface area contributed by atoms with E-state index in [9.17, 15) is 14.0 Å². The lowest BCUT2D eigenvalue weighted by atomic mass is 9.99. The summed E-state index contributed by atoms with van der Waals surface area (Å²) in [5, 5.41) is 8.75. The molecular weight excluding hydrogens is 357 g/mol. The number of hydrogen-bond donors (Lipinski definition) is 3. The summed E-state index contributed by atoms with van der Waals surface area (Å²) in [7, 11) is 0. The van der Waals surface area contributed by atoms with Crippen molar-refractivity contribution < 1.29 is 14.0 Å². The normalized spacial score (nSPS) is 17.8. The number of amides is 2. The van der Waals surface area contributed by atoms with E-state index >= 15 is 0 Å². The van der Waals surface area contributed by atoms with Crippen molar-refractivity contribution in [2.75, 3.05) is 11.9 Å². The number of fused-ring (bicyclic) bond motifs is 1. The van der Waals surface area contributed by atoms with Gasteiger partial charge < -0.3 is 16.0 Å². The monoisotopic (exact) mass is 383 g/mol. The van der Waals surface area contributed by atoms with Crippen LogP contribution in [0.25, 0.3) is 0 Å². The van der Waals surface area contributed by atoms with Crippen LogP contribution in [0.5, 0.6) is 0 Å². The third-order valence-electron chi connectivity index (χ3n) is 5.09. The van der Waals surface area contributed by atoms with Crippen LogP contribution in [-0.4, -0.2) is 24.4 Å². The minimum Gasteiger partial charge on any atom is -0.353 e. The zero-order valence-corrected chi connectivity index (χ0v) is 15.9. The van der Waals surface area contributed by atoms with Crippen molar-refractivity contribution in [2.24, 2.45) is 5.92 Å². The highest BCUT2D eigenvalue weighted by Crippen LogP contribution is 2.26. The molecule has 1 aromatic rings. The van der Waals surface area contributed by atoms with Crippen molar-refractivity contribution in [1.29, 1.82) is 0 Å². The van der Waals surface area contributed by atoms with Crippen LogP contribution in [0.15, 0.2) is 12.1 Å². The van der Waals surface area contributed by atoms with Crippen molar-refractivity contribution in [1.82, 2.24) is 10.6 Å². The van der Waals surface area contributed by atoms with Crippen LogP contribution >= 0.6 is 12.4 Å². The van der Waals surface area contributed by atoms with Gasteiger partial charge in [-0.15, -0.1) is 12.4 Å². The van der Waals surface area contributed by atoms with Gasteiger partial charge in [-0.1, -0.05) is 18.9 Å². The second-order valence-electron chi connectivity index (χ2n) is 7.13. The Labute approximate surface area is 159 Å². The number of rotatable bonds is 5. The van der Waals surface area contributed by atoms with Crippen molar-refractivity contribution >= 4 is 29.9 Å². The summed E-state index contributed by atoms with van der Waals surface area (Å²) in [6, 6.07) is 3.20. The molecule has 0 bridgehead atoms. The number of halogens is 2. The van der Waals surface area contributed by atoms with Crippen LogP contribution in [-0.2, 0) is 22.6 Å². The second kappa shape index (κ2) is 9.33. The van der Waals surface area contributed by atoms with E-state index < -0.39 is 0 Å². The van der Waals surface area contributed by atoms with Gasteiger partial charge in [-0.05, 0) is 49.9 Å². The zero-order valence-electron chi connectivity index (χ0n) is 15.1. The van der Waals surface area contributed by atoms with Gasteiger partial charge in [0.1, 0.15) is 5.82 Å². The highest BCUT2D eigenvalue weighted by atomic mass is 35.5. The summed E-state index contributed by atoms with van der Waals surface area (Å²) in [6.45, 7) is 3.21. The van der Waals surface area contributed by atoms with Gasteiger partial charge in [-0.2, -0.15) is 0 Å². The number of carbonyl (C=O) groups excluding carboxylic acids is 2. The lowest BCUT2D eigenvalue weighted by molar-refractivity contribution is -0.125. The van der Waals surface area contributed by atoms with Gasteiger partial charge in [-0.25, -0.2) is 4.39 Å². The molecule has 2 amide bonds. The molecule has 2 aliphatic rings. The van der Waals surface area contributed by atoms with Gasteiger partial charge in [0.15, 0.2) is 0 Å². The Kier molecular flexibility index (Phi) is 7.41. The molecule has 7 heteroatoms. The highest BCUT2D eigenvalue weighted by molar-refractivity contribution is 5.92. The molecule has 1 aliphatic carbocycles. The predicted molar refractivity (Wildman–Crippen MR) is 102 cm³/mol. The molecule has 0 aromatic heterocycles. The first-order valence-corrected chi connectivity index (χ1v) is 9.16. The molecule has 26 heavy (non-hydrogen) atoms. The van der Waals surface area contributed by atoms with Gasteiger partial charge in [0.25, 0.3) is 0 Å². The zero-order chi connectivity index (χ0) is 17.8. The first-order valence-electron chi connectivity index (χ1n) is 9.16. The fraction of sp³-hybridized carbons (Fsp3) is 0.579. The molecule has 144 valence electrons. The predicted octanol–water partition coefficient (Wildman–Crippen LogP) is 2.92. The maximum Gasteiger partial charge on any atom is 0.226 e. The summed E-state index contributed by atoms with van der Waals surface area (Å²) in [4.78, 5) is 24.3. The van der Waals surface area contributed by atoms with Crippen LogP contribution in [0, 0.1) is 11.7 Å². The number of benzene rings is 1. The Morgan fingerprint density at radius 2 is 2.04 bits per heavy atom.